The number of hydroxylamine groups is 2. The summed E-state index contributed by atoms with van der Waals surface area (Å²) >= 11 is 0. The van der Waals surface area contributed by atoms with Gasteiger partial charge in [-0.25, -0.2) is 4.79 Å². The standard InChI is InChI=1S/C17H13NO4/c1-10-7-8-12(9-11(10)2)17(21)22-18-15(19)13-5-3-4-6-14(13)16(18)20/h3-9H,1-2H3. The first kappa shape index (κ1) is 14.0. The second-order valence-corrected chi connectivity index (χ2v) is 5.13. The summed E-state index contributed by atoms with van der Waals surface area (Å²) in [4.78, 5) is 41.4. The molecule has 2 aromatic carbocycles. The zero-order valence-electron chi connectivity index (χ0n) is 12.1. The SMILES string of the molecule is Cc1ccc(C(=O)ON2C(=O)c3ccccc3C2=O)cc1C. The number of hydrogen-bond acceptors (Lipinski definition) is 4. The molecular formula is C17H13NO4. The van der Waals surface area contributed by atoms with Crippen LogP contribution in [0.25, 0.3) is 0 Å². The highest BCUT2D eigenvalue weighted by atomic mass is 16.7. The molecule has 0 unspecified atom stereocenters. The monoisotopic (exact) mass is 295 g/mol. The molecule has 0 radical (unpaired) electrons. The van der Waals surface area contributed by atoms with Crippen molar-refractivity contribution in [3.63, 3.8) is 0 Å². The van der Waals surface area contributed by atoms with Gasteiger partial charge < -0.3 is 4.84 Å². The Labute approximate surface area is 127 Å². The average Bonchev–Trinajstić information content (AvgIpc) is 2.75. The van der Waals surface area contributed by atoms with Gasteiger partial charge in [0.2, 0.25) is 0 Å². The molecule has 22 heavy (non-hydrogen) atoms. The van der Waals surface area contributed by atoms with E-state index in [0.717, 1.165) is 11.1 Å². The van der Waals surface area contributed by atoms with E-state index in [-0.39, 0.29) is 11.1 Å². The van der Waals surface area contributed by atoms with Crippen molar-refractivity contribution in [2.45, 2.75) is 13.8 Å². The number of rotatable bonds is 2. The van der Waals surface area contributed by atoms with Crippen LogP contribution in [0.5, 0.6) is 0 Å². The fourth-order valence-corrected chi connectivity index (χ4v) is 2.25. The van der Waals surface area contributed by atoms with Gasteiger partial charge in [-0.05, 0) is 49.2 Å². The van der Waals surface area contributed by atoms with E-state index >= 15 is 0 Å². The molecule has 0 saturated carbocycles. The summed E-state index contributed by atoms with van der Waals surface area (Å²) in [6.07, 6.45) is 0. The molecule has 3 rings (SSSR count). The van der Waals surface area contributed by atoms with Crippen LogP contribution in [0.3, 0.4) is 0 Å². The summed E-state index contributed by atoms with van der Waals surface area (Å²) in [6.45, 7) is 3.79. The molecule has 1 heterocycles. The molecule has 5 heteroatoms. The molecule has 0 atom stereocenters. The van der Waals surface area contributed by atoms with Gasteiger partial charge in [0.25, 0.3) is 11.8 Å². The van der Waals surface area contributed by atoms with Crippen LogP contribution >= 0.6 is 0 Å². The predicted octanol–water partition coefficient (Wildman–Crippen LogP) is 2.67. The number of imide groups is 1. The maximum absolute atomic E-state index is 12.1. The van der Waals surface area contributed by atoms with Crippen molar-refractivity contribution in [2.75, 3.05) is 0 Å². The molecule has 0 aromatic heterocycles. The van der Waals surface area contributed by atoms with Gasteiger partial charge in [-0.15, -0.1) is 0 Å². The van der Waals surface area contributed by atoms with Crippen LogP contribution in [0, 0.1) is 13.8 Å². The minimum absolute atomic E-state index is 0.236. The lowest BCUT2D eigenvalue weighted by molar-refractivity contribution is -0.0584. The van der Waals surface area contributed by atoms with Crippen molar-refractivity contribution in [3.05, 3.63) is 70.3 Å². The lowest BCUT2D eigenvalue weighted by Gasteiger charge is -2.13. The van der Waals surface area contributed by atoms with Crippen molar-refractivity contribution in [2.24, 2.45) is 0 Å². The minimum Gasteiger partial charge on any atom is -0.324 e. The number of fused-ring (bicyclic) bond motifs is 1. The molecule has 0 spiro atoms. The third kappa shape index (κ3) is 2.16. The van der Waals surface area contributed by atoms with E-state index in [2.05, 4.69) is 0 Å². The molecule has 0 N–H and O–H groups in total. The van der Waals surface area contributed by atoms with E-state index in [0.29, 0.717) is 10.6 Å². The Kier molecular flexibility index (Phi) is 3.25. The Bertz CT molecular complexity index is 775. The summed E-state index contributed by atoms with van der Waals surface area (Å²) in [5, 5.41) is 0.516. The summed E-state index contributed by atoms with van der Waals surface area (Å²) in [7, 11) is 0. The first-order valence-electron chi connectivity index (χ1n) is 6.76. The van der Waals surface area contributed by atoms with Crippen molar-refractivity contribution < 1.29 is 19.2 Å². The van der Waals surface area contributed by atoms with E-state index in [1.54, 1.807) is 30.3 Å². The van der Waals surface area contributed by atoms with Crippen molar-refractivity contribution in [1.82, 2.24) is 5.06 Å². The van der Waals surface area contributed by atoms with Crippen molar-refractivity contribution in [1.29, 1.82) is 0 Å². The second-order valence-electron chi connectivity index (χ2n) is 5.13. The van der Waals surface area contributed by atoms with E-state index in [1.165, 1.54) is 12.1 Å². The smallest absolute Gasteiger partial charge is 0.324 e. The molecule has 0 saturated heterocycles. The molecule has 110 valence electrons. The highest BCUT2D eigenvalue weighted by Crippen LogP contribution is 2.23. The highest BCUT2D eigenvalue weighted by Gasteiger charge is 2.38. The van der Waals surface area contributed by atoms with E-state index in [1.807, 2.05) is 13.8 Å². The predicted molar refractivity (Wildman–Crippen MR) is 78.3 cm³/mol. The number of carbonyl (C=O) groups is 3. The quantitative estimate of drug-likeness (QED) is 0.799. The molecular weight excluding hydrogens is 282 g/mol. The van der Waals surface area contributed by atoms with Crippen molar-refractivity contribution >= 4 is 17.8 Å². The Morgan fingerprint density at radius 3 is 2.05 bits per heavy atom. The number of carbonyl (C=O) groups excluding carboxylic acids is 3. The van der Waals surface area contributed by atoms with Gasteiger partial charge in [0.1, 0.15) is 0 Å². The third-order valence-electron chi connectivity index (χ3n) is 3.67. The minimum atomic E-state index is -0.738. The fraction of sp³-hybridized carbons (Fsp3) is 0.118. The lowest BCUT2D eigenvalue weighted by atomic mass is 10.1. The lowest BCUT2D eigenvalue weighted by Crippen LogP contribution is -2.32. The molecule has 1 aliphatic rings. The average molecular weight is 295 g/mol. The molecule has 5 nitrogen and oxygen atoms in total. The summed E-state index contributed by atoms with van der Waals surface area (Å²) in [5.41, 5.74) is 2.73. The Morgan fingerprint density at radius 2 is 1.50 bits per heavy atom. The fourth-order valence-electron chi connectivity index (χ4n) is 2.25. The van der Waals surface area contributed by atoms with Crippen LogP contribution in [0.1, 0.15) is 42.2 Å². The topological polar surface area (TPSA) is 63.7 Å². The molecule has 2 amide bonds. The van der Waals surface area contributed by atoms with Crippen LogP contribution in [-0.4, -0.2) is 22.8 Å². The maximum Gasteiger partial charge on any atom is 0.363 e. The van der Waals surface area contributed by atoms with E-state index < -0.39 is 17.8 Å². The van der Waals surface area contributed by atoms with E-state index in [4.69, 9.17) is 4.84 Å². The zero-order valence-corrected chi connectivity index (χ0v) is 12.1. The van der Waals surface area contributed by atoms with Gasteiger partial charge in [0.15, 0.2) is 0 Å². The number of aryl methyl sites for hydroxylation is 2. The van der Waals surface area contributed by atoms with Crippen LogP contribution < -0.4 is 0 Å². The van der Waals surface area contributed by atoms with Gasteiger partial charge >= 0.3 is 5.97 Å². The maximum atomic E-state index is 12.1. The molecule has 1 aliphatic heterocycles. The van der Waals surface area contributed by atoms with Crippen LogP contribution in [-0.2, 0) is 4.84 Å². The third-order valence-corrected chi connectivity index (χ3v) is 3.67. The normalized spacial score (nSPS) is 13.3. The van der Waals surface area contributed by atoms with E-state index in [9.17, 15) is 14.4 Å². The van der Waals surface area contributed by atoms with Gasteiger partial charge in [0.05, 0.1) is 16.7 Å². The van der Waals surface area contributed by atoms with Gasteiger partial charge in [-0.3, -0.25) is 9.59 Å². The van der Waals surface area contributed by atoms with Crippen LogP contribution in [0.2, 0.25) is 0 Å². The van der Waals surface area contributed by atoms with Gasteiger partial charge in [-0.2, -0.15) is 0 Å². The second kappa shape index (κ2) is 5.11. The van der Waals surface area contributed by atoms with Gasteiger partial charge in [-0.1, -0.05) is 23.3 Å². The number of benzene rings is 2. The van der Waals surface area contributed by atoms with Crippen LogP contribution in [0.4, 0.5) is 0 Å². The summed E-state index contributed by atoms with van der Waals surface area (Å²) in [5.74, 6) is -1.99. The Morgan fingerprint density at radius 1 is 0.909 bits per heavy atom. The highest BCUT2D eigenvalue weighted by molar-refractivity contribution is 6.21. The Balaban J connectivity index is 1.85. The molecule has 0 aliphatic carbocycles. The molecule has 0 fully saturated rings. The van der Waals surface area contributed by atoms with Gasteiger partial charge in [0, 0.05) is 0 Å². The largest absolute Gasteiger partial charge is 0.363 e. The number of hydrogen-bond donors (Lipinski definition) is 0. The Hall–Kier alpha value is -2.95. The molecule has 0 bridgehead atoms. The summed E-state index contributed by atoms with van der Waals surface area (Å²) < 4.78 is 0. The van der Waals surface area contributed by atoms with Crippen molar-refractivity contribution in [3.8, 4) is 0 Å². The zero-order chi connectivity index (χ0) is 15.9. The summed E-state index contributed by atoms with van der Waals surface area (Å²) in [6, 6.07) is 11.4. The van der Waals surface area contributed by atoms with Crippen LogP contribution in [0.15, 0.2) is 42.5 Å². The number of amides is 2. The molecule has 2 aromatic rings. The first-order chi connectivity index (χ1) is 10.5. The number of nitrogens with zero attached hydrogens (tertiary/aromatic N) is 1. The first-order valence-corrected chi connectivity index (χ1v) is 6.76.